The van der Waals surface area contributed by atoms with Crippen LogP contribution in [0.3, 0.4) is 0 Å². The molecule has 0 atom stereocenters. The molecule has 0 saturated carbocycles. The number of amides is 1. The highest BCUT2D eigenvalue weighted by molar-refractivity contribution is 6.22. The van der Waals surface area contributed by atoms with E-state index in [-0.39, 0.29) is 11.8 Å². The Morgan fingerprint density at radius 3 is 2.58 bits per heavy atom. The monoisotopic (exact) mass is 538 g/mol. The maximum atomic E-state index is 13.2. The molecule has 204 valence electrons. The first-order chi connectivity index (χ1) is 19.5. The first-order valence-electron chi connectivity index (χ1n) is 13.3. The van der Waals surface area contributed by atoms with E-state index >= 15 is 0 Å². The van der Waals surface area contributed by atoms with Gasteiger partial charge in [-0.05, 0) is 36.2 Å². The fourth-order valence-electron chi connectivity index (χ4n) is 5.39. The number of rotatable bonds is 6. The summed E-state index contributed by atoms with van der Waals surface area (Å²) >= 11 is 0. The fourth-order valence-corrected chi connectivity index (χ4v) is 5.39. The van der Waals surface area contributed by atoms with Crippen LogP contribution < -0.4 is 4.90 Å². The van der Waals surface area contributed by atoms with E-state index in [1.165, 1.54) is 7.11 Å². The van der Waals surface area contributed by atoms with E-state index in [1.54, 1.807) is 18.2 Å². The molecule has 0 bridgehead atoms. The molecule has 40 heavy (non-hydrogen) atoms. The van der Waals surface area contributed by atoms with Crippen molar-refractivity contribution in [1.82, 2.24) is 9.88 Å². The predicted molar refractivity (Wildman–Crippen MR) is 153 cm³/mol. The number of methoxy groups -OCH3 is 1. The molecule has 1 fully saturated rings. The second-order valence-electron chi connectivity index (χ2n) is 9.92. The third-order valence-corrected chi connectivity index (χ3v) is 7.45. The molecule has 0 aliphatic carbocycles. The minimum atomic E-state index is -0.458. The van der Waals surface area contributed by atoms with Gasteiger partial charge in [0.15, 0.2) is 5.88 Å². The molecule has 2 aliphatic heterocycles. The maximum absolute atomic E-state index is 13.2. The third kappa shape index (κ3) is 4.97. The highest BCUT2D eigenvalue weighted by Crippen LogP contribution is 2.35. The van der Waals surface area contributed by atoms with Gasteiger partial charge in [-0.1, -0.05) is 42.5 Å². The lowest BCUT2D eigenvalue weighted by atomic mass is 10.00. The average molecular weight is 539 g/mol. The Morgan fingerprint density at radius 2 is 1.80 bits per heavy atom. The Morgan fingerprint density at radius 1 is 1.00 bits per heavy atom. The maximum Gasteiger partial charge on any atom is 0.337 e. The number of carbonyl (C=O) groups is 2. The smallest absolute Gasteiger partial charge is 0.337 e. The van der Waals surface area contributed by atoms with E-state index in [9.17, 15) is 14.7 Å². The molecule has 0 spiro atoms. The van der Waals surface area contributed by atoms with Crippen molar-refractivity contribution in [3.8, 4) is 5.88 Å². The normalized spacial score (nSPS) is 15.8. The van der Waals surface area contributed by atoms with Crippen LogP contribution in [0.2, 0.25) is 0 Å². The highest BCUT2D eigenvalue weighted by Gasteiger charge is 2.27. The lowest BCUT2D eigenvalue weighted by molar-refractivity contribution is -0.120. The minimum absolute atomic E-state index is 0.0527. The van der Waals surface area contributed by atoms with Gasteiger partial charge in [0.25, 0.3) is 0 Å². The molecule has 0 radical (unpaired) electrons. The number of anilines is 1. The molecule has 2 aliphatic rings. The summed E-state index contributed by atoms with van der Waals surface area (Å²) in [4.78, 5) is 37.3. The summed E-state index contributed by atoms with van der Waals surface area (Å²) in [7, 11) is 1.33. The van der Waals surface area contributed by atoms with E-state index < -0.39 is 5.97 Å². The van der Waals surface area contributed by atoms with Crippen molar-refractivity contribution < 1.29 is 24.2 Å². The predicted octanol–water partition coefficient (Wildman–Crippen LogP) is 4.05. The number of nitrogens with one attached hydrogen (secondary N) is 1. The van der Waals surface area contributed by atoms with Crippen molar-refractivity contribution in [3.05, 3.63) is 89.0 Å². The topological polar surface area (TPSA) is 107 Å². The number of fused-ring (bicyclic) bond motifs is 2. The lowest BCUT2D eigenvalue weighted by Gasteiger charge is -2.28. The van der Waals surface area contributed by atoms with Gasteiger partial charge < -0.3 is 24.5 Å². The van der Waals surface area contributed by atoms with Crippen molar-refractivity contribution >= 4 is 39.9 Å². The number of morpholine rings is 1. The van der Waals surface area contributed by atoms with Gasteiger partial charge in [0.05, 0.1) is 49.4 Å². The van der Waals surface area contributed by atoms with Crippen LogP contribution in [0.25, 0.3) is 10.9 Å². The van der Waals surface area contributed by atoms with Crippen LogP contribution >= 0.6 is 0 Å². The Kier molecular flexibility index (Phi) is 7.06. The van der Waals surface area contributed by atoms with Crippen molar-refractivity contribution in [2.24, 2.45) is 4.99 Å². The summed E-state index contributed by atoms with van der Waals surface area (Å²) in [5.74, 6) is -0.441. The summed E-state index contributed by atoms with van der Waals surface area (Å²) in [5.41, 5.74) is 5.53. The number of benzene rings is 3. The summed E-state index contributed by atoms with van der Waals surface area (Å²) < 4.78 is 10.3. The van der Waals surface area contributed by atoms with Crippen molar-refractivity contribution in [3.63, 3.8) is 0 Å². The van der Waals surface area contributed by atoms with Gasteiger partial charge in [-0.15, -0.1) is 0 Å². The Hall–Kier alpha value is -4.47. The standard InChI is InChI=1S/C31H30N4O5/c1-39-31(38)22-8-10-24-25(17-22)33-30(37)28(24)29(21-5-3-2-4-6-21)32-23-9-7-20-11-12-35(26(20)18-23)27(36)19-34-13-15-40-16-14-34/h2-10,17-18,33,37H,11-16,19H2,1H3. The quantitative estimate of drug-likeness (QED) is 0.283. The number of aliphatic imine (C=N–C) groups is 1. The molecule has 6 rings (SSSR count). The number of esters is 1. The van der Waals surface area contributed by atoms with Gasteiger partial charge in [0.2, 0.25) is 5.91 Å². The van der Waals surface area contributed by atoms with Crippen molar-refractivity contribution in [2.45, 2.75) is 6.42 Å². The summed E-state index contributed by atoms with van der Waals surface area (Å²) in [5, 5.41) is 11.8. The van der Waals surface area contributed by atoms with Gasteiger partial charge in [0.1, 0.15) is 0 Å². The number of H-pyrrole nitrogens is 1. The molecule has 1 saturated heterocycles. The molecule has 3 heterocycles. The number of hydrogen-bond acceptors (Lipinski definition) is 7. The molecular weight excluding hydrogens is 508 g/mol. The Bertz CT molecular complexity index is 1610. The van der Waals surface area contributed by atoms with Gasteiger partial charge in [-0.3, -0.25) is 9.69 Å². The Balaban J connectivity index is 1.39. The first-order valence-corrected chi connectivity index (χ1v) is 13.3. The molecule has 0 unspecified atom stereocenters. The highest BCUT2D eigenvalue weighted by atomic mass is 16.5. The number of carbonyl (C=O) groups excluding carboxylic acids is 2. The second-order valence-corrected chi connectivity index (χ2v) is 9.92. The zero-order valence-corrected chi connectivity index (χ0v) is 22.2. The van der Waals surface area contributed by atoms with Crippen molar-refractivity contribution in [1.29, 1.82) is 0 Å². The van der Waals surface area contributed by atoms with Crippen LogP contribution in [0.1, 0.15) is 27.0 Å². The average Bonchev–Trinajstić information content (AvgIpc) is 3.56. The number of aromatic nitrogens is 1. The third-order valence-electron chi connectivity index (χ3n) is 7.45. The number of nitrogens with zero attached hydrogens (tertiary/aromatic N) is 3. The molecule has 3 aromatic carbocycles. The van der Waals surface area contributed by atoms with Gasteiger partial charge in [-0.25, -0.2) is 9.79 Å². The van der Waals surface area contributed by atoms with Crippen molar-refractivity contribution in [2.75, 3.05) is 51.4 Å². The van der Waals surface area contributed by atoms with Crippen LogP contribution in [0.5, 0.6) is 5.88 Å². The molecule has 1 amide bonds. The van der Waals surface area contributed by atoms with E-state index in [0.717, 1.165) is 41.7 Å². The molecule has 2 N–H and O–H groups in total. The van der Waals surface area contributed by atoms with Crippen LogP contribution in [-0.4, -0.2) is 79.1 Å². The first kappa shape index (κ1) is 25.8. The van der Waals surface area contributed by atoms with Crippen LogP contribution in [0.15, 0.2) is 71.7 Å². The van der Waals surface area contributed by atoms with Gasteiger partial charge >= 0.3 is 5.97 Å². The molecule has 9 nitrogen and oxygen atoms in total. The molecule has 1 aromatic heterocycles. The van der Waals surface area contributed by atoms with Gasteiger partial charge in [-0.2, -0.15) is 0 Å². The largest absolute Gasteiger partial charge is 0.494 e. The number of hydrogen-bond donors (Lipinski definition) is 2. The zero-order chi connectivity index (χ0) is 27.6. The number of aromatic amines is 1. The van der Waals surface area contributed by atoms with Crippen LogP contribution in [0, 0.1) is 0 Å². The zero-order valence-electron chi connectivity index (χ0n) is 22.2. The molecule has 4 aromatic rings. The summed E-state index contributed by atoms with van der Waals surface area (Å²) in [6.07, 6.45) is 0.797. The van der Waals surface area contributed by atoms with E-state index in [2.05, 4.69) is 9.88 Å². The second kappa shape index (κ2) is 11.0. The van der Waals surface area contributed by atoms with Crippen LogP contribution in [-0.2, 0) is 20.7 Å². The summed E-state index contributed by atoms with van der Waals surface area (Å²) in [6.45, 7) is 3.82. The van der Waals surface area contributed by atoms with E-state index in [1.807, 2.05) is 53.4 Å². The lowest BCUT2D eigenvalue weighted by Crippen LogP contribution is -2.44. The van der Waals surface area contributed by atoms with Crippen LogP contribution in [0.4, 0.5) is 11.4 Å². The molecule has 9 heteroatoms. The van der Waals surface area contributed by atoms with E-state index in [0.29, 0.717) is 54.3 Å². The summed E-state index contributed by atoms with van der Waals surface area (Å²) in [6, 6.07) is 20.6. The molecular formula is C31H30N4O5. The Labute approximate surface area is 231 Å². The number of ether oxygens (including phenoxy) is 2. The fraction of sp³-hybridized carbons (Fsp3) is 0.258. The SMILES string of the molecule is COC(=O)c1ccc2c(C(=Nc3ccc4c(c3)N(C(=O)CN3CCOCC3)CC4)c3ccccc3)c(O)[nH]c2c1. The van der Waals surface area contributed by atoms with Gasteiger partial charge in [0, 0.05) is 41.8 Å². The van der Waals surface area contributed by atoms with E-state index in [4.69, 9.17) is 14.5 Å². The minimum Gasteiger partial charge on any atom is -0.494 e. The number of aromatic hydroxyl groups is 1.